The summed E-state index contributed by atoms with van der Waals surface area (Å²) in [6.07, 6.45) is 2.62. The third kappa shape index (κ3) is 2.83. The van der Waals surface area contributed by atoms with Gasteiger partial charge in [-0.3, -0.25) is 9.10 Å². The highest BCUT2D eigenvalue weighted by atomic mass is 32.2. The van der Waals surface area contributed by atoms with Crippen molar-refractivity contribution in [2.45, 2.75) is 43.0 Å². The number of carbonyl (C=O) groups is 2. The van der Waals surface area contributed by atoms with Crippen LogP contribution in [0, 0.1) is 0 Å². The van der Waals surface area contributed by atoms with Gasteiger partial charge in [-0.05, 0) is 37.3 Å². The van der Waals surface area contributed by atoms with Crippen LogP contribution in [0.2, 0.25) is 0 Å². The predicted molar refractivity (Wildman–Crippen MR) is 104 cm³/mol. The lowest BCUT2D eigenvalue weighted by molar-refractivity contribution is -0.153. The van der Waals surface area contributed by atoms with E-state index in [1.54, 1.807) is 31.2 Å². The monoisotopic (exact) mass is 402 g/mol. The molecule has 1 heterocycles. The molecule has 1 amide bonds. The Kier molecular flexibility index (Phi) is 4.53. The zero-order chi connectivity index (χ0) is 19.9. The second-order valence-corrected chi connectivity index (χ2v) is 9.03. The number of nitrogens with one attached hydrogen (secondary N) is 1. The summed E-state index contributed by atoms with van der Waals surface area (Å²) in [5, 5.41) is 4.21. The molecule has 4 rings (SSSR count). The number of rotatable bonds is 5. The van der Waals surface area contributed by atoms with Crippen molar-refractivity contribution in [3.05, 3.63) is 36.4 Å². The quantitative estimate of drug-likeness (QED) is 0.775. The lowest BCUT2D eigenvalue weighted by Gasteiger charge is -2.29. The molecule has 0 spiro atoms. The molecule has 2 aromatic carbocycles. The first kappa shape index (κ1) is 18.7. The van der Waals surface area contributed by atoms with Crippen LogP contribution in [0.1, 0.15) is 32.6 Å². The van der Waals surface area contributed by atoms with E-state index >= 15 is 0 Å². The van der Waals surface area contributed by atoms with Gasteiger partial charge in [-0.2, -0.15) is 0 Å². The Morgan fingerprint density at radius 1 is 1.14 bits per heavy atom. The fourth-order valence-corrected chi connectivity index (χ4v) is 5.86. The topological polar surface area (TPSA) is 92.8 Å². The summed E-state index contributed by atoms with van der Waals surface area (Å²) in [5.41, 5.74) is -0.574. The number of nitrogens with zero attached hydrogens (tertiary/aromatic N) is 1. The van der Waals surface area contributed by atoms with Crippen molar-refractivity contribution < 1.29 is 22.7 Å². The first-order valence-electron chi connectivity index (χ1n) is 9.42. The number of anilines is 1. The molecule has 2 aromatic rings. The van der Waals surface area contributed by atoms with Crippen LogP contribution in [0.3, 0.4) is 0 Å². The van der Waals surface area contributed by atoms with E-state index in [0.29, 0.717) is 23.9 Å². The molecule has 0 unspecified atom stereocenters. The zero-order valence-electron chi connectivity index (χ0n) is 15.6. The van der Waals surface area contributed by atoms with E-state index in [0.717, 1.165) is 22.5 Å². The number of benzene rings is 2. The summed E-state index contributed by atoms with van der Waals surface area (Å²) in [7, 11) is -3.82. The average molecular weight is 402 g/mol. The molecule has 0 bridgehead atoms. The van der Waals surface area contributed by atoms with Gasteiger partial charge >= 0.3 is 5.97 Å². The molecular weight excluding hydrogens is 380 g/mol. The van der Waals surface area contributed by atoms with Crippen molar-refractivity contribution >= 4 is 38.4 Å². The van der Waals surface area contributed by atoms with Crippen LogP contribution in [-0.2, 0) is 24.3 Å². The Balaban J connectivity index is 1.62. The van der Waals surface area contributed by atoms with Crippen molar-refractivity contribution in [3.8, 4) is 0 Å². The molecule has 28 heavy (non-hydrogen) atoms. The van der Waals surface area contributed by atoms with Gasteiger partial charge in [0, 0.05) is 5.39 Å². The third-order valence-electron chi connectivity index (χ3n) is 5.47. The summed E-state index contributed by atoms with van der Waals surface area (Å²) in [4.78, 5) is 25.4. The molecule has 7 nitrogen and oxygen atoms in total. The molecule has 1 N–H and O–H groups in total. The van der Waals surface area contributed by atoms with Crippen molar-refractivity contribution in [2.24, 2.45) is 0 Å². The van der Waals surface area contributed by atoms with E-state index in [4.69, 9.17) is 4.74 Å². The smallest absolute Gasteiger partial charge is 0.331 e. The van der Waals surface area contributed by atoms with Gasteiger partial charge < -0.3 is 10.1 Å². The standard InChI is InChI=1S/C20H22N2O5S/c1-2-27-19(24)20(11-3-4-12-20)21-17(23)13-22-15-9-5-7-14-8-6-10-16(18(14)15)28(22,25)26/h5-10H,2-4,11-13H2,1H3,(H,21,23). The Morgan fingerprint density at radius 2 is 1.82 bits per heavy atom. The summed E-state index contributed by atoms with van der Waals surface area (Å²) in [6.45, 7) is 1.57. The molecule has 148 valence electrons. The first-order valence-corrected chi connectivity index (χ1v) is 10.9. The lowest BCUT2D eigenvalue weighted by Crippen LogP contribution is -2.55. The minimum absolute atomic E-state index is 0.203. The van der Waals surface area contributed by atoms with Crippen molar-refractivity contribution in [1.82, 2.24) is 5.32 Å². The van der Waals surface area contributed by atoms with E-state index in [-0.39, 0.29) is 18.0 Å². The van der Waals surface area contributed by atoms with Crippen LogP contribution in [-0.4, -0.2) is 39.0 Å². The number of ether oxygens (including phenoxy) is 1. The van der Waals surface area contributed by atoms with Gasteiger partial charge in [0.05, 0.1) is 17.2 Å². The van der Waals surface area contributed by atoms with E-state index < -0.39 is 27.4 Å². The molecule has 0 saturated heterocycles. The molecule has 0 atom stereocenters. The molecule has 1 aliphatic heterocycles. The first-order chi connectivity index (χ1) is 13.4. The van der Waals surface area contributed by atoms with Crippen LogP contribution in [0.5, 0.6) is 0 Å². The van der Waals surface area contributed by atoms with Gasteiger partial charge in [0.1, 0.15) is 12.1 Å². The maximum atomic E-state index is 13.0. The number of amides is 1. The van der Waals surface area contributed by atoms with Crippen molar-refractivity contribution in [3.63, 3.8) is 0 Å². The minimum atomic E-state index is -3.82. The third-order valence-corrected chi connectivity index (χ3v) is 7.27. The van der Waals surface area contributed by atoms with Crippen molar-refractivity contribution in [2.75, 3.05) is 17.5 Å². The van der Waals surface area contributed by atoms with E-state index in [2.05, 4.69) is 5.32 Å². The molecule has 2 aliphatic rings. The fourth-order valence-electron chi connectivity index (χ4n) is 4.19. The molecule has 0 aromatic heterocycles. The predicted octanol–water partition coefficient (Wildman–Crippen LogP) is 2.34. The van der Waals surface area contributed by atoms with Gasteiger partial charge in [-0.15, -0.1) is 0 Å². The summed E-state index contributed by atoms with van der Waals surface area (Å²) in [6, 6.07) is 10.4. The molecule has 1 saturated carbocycles. The van der Waals surface area contributed by atoms with Crippen LogP contribution >= 0.6 is 0 Å². The van der Waals surface area contributed by atoms with Crippen LogP contribution < -0.4 is 9.62 Å². The Morgan fingerprint density at radius 3 is 2.50 bits per heavy atom. The minimum Gasteiger partial charge on any atom is -0.464 e. The summed E-state index contributed by atoms with van der Waals surface area (Å²) in [5.74, 6) is -0.959. The second-order valence-electron chi connectivity index (χ2n) is 7.20. The Labute approximate surface area is 163 Å². The molecule has 1 fully saturated rings. The maximum Gasteiger partial charge on any atom is 0.331 e. The van der Waals surface area contributed by atoms with Gasteiger partial charge in [0.15, 0.2) is 0 Å². The zero-order valence-corrected chi connectivity index (χ0v) is 16.4. The van der Waals surface area contributed by atoms with Crippen molar-refractivity contribution in [1.29, 1.82) is 0 Å². The molecular formula is C20H22N2O5S. The molecule has 1 aliphatic carbocycles. The van der Waals surface area contributed by atoms with Gasteiger partial charge in [0.2, 0.25) is 5.91 Å². The highest BCUT2D eigenvalue weighted by Crippen LogP contribution is 2.41. The Hall–Kier alpha value is -2.61. The SMILES string of the molecule is CCOC(=O)C1(NC(=O)CN2c3cccc4cccc(c34)S2(=O)=O)CCCC1. The number of hydrogen-bond acceptors (Lipinski definition) is 5. The highest BCUT2D eigenvalue weighted by molar-refractivity contribution is 7.93. The number of esters is 1. The average Bonchev–Trinajstić information content (AvgIpc) is 3.22. The van der Waals surface area contributed by atoms with E-state index in [9.17, 15) is 18.0 Å². The summed E-state index contributed by atoms with van der Waals surface area (Å²) >= 11 is 0. The second kappa shape index (κ2) is 6.77. The van der Waals surface area contributed by atoms with E-state index in [1.807, 2.05) is 12.1 Å². The Bertz CT molecular complexity index is 1050. The number of sulfonamides is 1. The fraction of sp³-hybridized carbons (Fsp3) is 0.400. The van der Waals surface area contributed by atoms with Gasteiger partial charge in [-0.25, -0.2) is 13.2 Å². The summed E-state index contributed by atoms with van der Waals surface area (Å²) < 4.78 is 32.3. The van der Waals surface area contributed by atoms with Gasteiger partial charge in [-0.1, -0.05) is 37.1 Å². The molecule has 0 radical (unpaired) electrons. The highest BCUT2D eigenvalue weighted by Gasteiger charge is 2.45. The normalized spacial score (nSPS) is 19.0. The number of hydrogen-bond donors (Lipinski definition) is 1. The largest absolute Gasteiger partial charge is 0.464 e. The number of carbonyl (C=O) groups excluding carboxylic acids is 2. The van der Waals surface area contributed by atoms with Crippen LogP contribution in [0.25, 0.3) is 10.8 Å². The lowest BCUT2D eigenvalue weighted by atomic mass is 9.97. The van der Waals surface area contributed by atoms with E-state index in [1.165, 1.54) is 0 Å². The maximum absolute atomic E-state index is 13.0. The molecule has 8 heteroatoms. The van der Waals surface area contributed by atoms with Crippen LogP contribution in [0.4, 0.5) is 5.69 Å². The van der Waals surface area contributed by atoms with Crippen LogP contribution in [0.15, 0.2) is 41.3 Å². The van der Waals surface area contributed by atoms with Gasteiger partial charge in [0.25, 0.3) is 10.0 Å².